The minimum Gasteiger partial charge on any atom is -0.366 e. The monoisotopic (exact) mass is 501 g/mol. The number of hydrogen-bond donors (Lipinski definition) is 2. The van der Waals surface area contributed by atoms with Crippen molar-refractivity contribution in [2.24, 2.45) is 19.8 Å². The van der Waals surface area contributed by atoms with Gasteiger partial charge in [-0.2, -0.15) is 10.2 Å². The highest BCUT2D eigenvalue weighted by molar-refractivity contribution is 6.12. The number of primary amides is 1. The van der Waals surface area contributed by atoms with E-state index in [1.54, 1.807) is 46.9 Å². The van der Waals surface area contributed by atoms with E-state index in [0.29, 0.717) is 22.9 Å². The molecule has 0 saturated heterocycles. The van der Waals surface area contributed by atoms with Crippen LogP contribution in [-0.4, -0.2) is 35.9 Å². The van der Waals surface area contributed by atoms with Gasteiger partial charge in [-0.15, -0.1) is 0 Å². The fraction of sp³-hybridized carbons (Fsp3) is 0.370. The molecule has 2 aromatic heterocycles. The van der Waals surface area contributed by atoms with Crippen LogP contribution >= 0.6 is 0 Å². The molecule has 1 aliphatic carbocycles. The van der Waals surface area contributed by atoms with Gasteiger partial charge in [0.1, 0.15) is 6.33 Å². The van der Waals surface area contributed by atoms with Crippen LogP contribution in [0.3, 0.4) is 0 Å². The Bertz CT molecular complexity index is 1550. The predicted octanol–water partition coefficient (Wildman–Crippen LogP) is 3.28. The van der Waals surface area contributed by atoms with Gasteiger partial charge in [-0.05, 0) is 73.4 Å². The van der Waals surface area contributed by atoms with Crippen LogP contribution in [0.2, 0.25) is 0 Å². The Morgan fingerprint density at radius 2 is 1.84 bits per heavy atom. The van der Waals surface area contributed by atoms with Crippen molar-refractivity contribution in [3.05, 3.63) is 75.6 Å². The maximum Gasteiger partial charge on any atom is 0.345 e. The van der Waals surface area contributed by atoms with E-state index in [1.165, 1.54) is 10.2 Å². The average molecular weight is 502 g/mol. The number of rotatable bonds is 6. The van der Waals surface area contributed by atoms with Crippen LogP contribution in [0.4, 0.5) is 5.69 Å². The second-order valence-corrected chi connectivity index (χ2v) is 9.70. The Morgan fingerprint density at radius 1 is 1.08 bits per heavy atom. The molecule has 0 bridgehead atoms. The highest BCUT2D eigenvalue weighted by Crippen LogP contribution is 2.41. The van der Waals surface area contributed by atoms with Crippen molar-refractivity contribution in [3.63, 3.8) is 0 Å². The number of benzene rings is 2. The molecule has 2 aromatic carbocycles. The standard InChI is InChI=1S/C27H31N7O3/c1-4-20-21(16-8-10-19(11-9-16)34-15-29-33(3)27(34)37)12-13-22-23(20)24(31-32(22)2)26(36)30-18-7-5-6-17(14-18)25(28)35/h5-7,12-16,19H,4,8-11H2,1-3H3,(H2,28,35)(H,30,36). The van der Waals surface area contributed by atoms with Gasteiger partial charge >= 0.3 is 5.69 Å². The van der Waals surface area contributed by atoms with Crippen LogP contribution in [0, 0.1) is 0 Å². The molecule has 2 heterocycles. The molecule has 0 radical (unpaired) electrons. The van der Waals surface area contributed by atoms with E-state index in [0.717, 1.165) is 48.6 Å². The van der Waals surface area contributed by atoms with E-state index in [1.807, 2.05) is 13.1 Å². The van der Waals surface area contributed by atoms with Crippen molar-refractivity contribution in [1.29, 1.82) is 0 Å². The van der Waals surface area contributed by atoms with Crippen LogP contribution in [0.25, 0.3) is 10.9 Å². The van der Waals surface area contributed by atoms with Crippen molar-refractivity contribution >= 4 is 28.4 Å². The number of amides is 2. The summed E-state index contributed by atoms with van der Waals surface area (Å²) in [5.74, 6) is -0.550. The molecule has 1 aliphatic rings. The van der Waals surface area contributed by atoms with Gasteiger partial charge in [0.2, 0.25) is 5.91 Å². The lowest BCUT2D eigenvalue weighted by Gasteiger charge is -2.30. The minimum absolute atomic E-state index is 0.0773. The summed E-state index contributed by atoms with van der Waals surface area (Å²) in [6.07, 6.45) is 6.09. The third kappa shape index (κ3) is 4.43. The summed E-state index contributed by atoms with van der Waals surface area (Å²) in [6, 6.07) is 10.9. The summed E-state index contributed by atoms with van der Waals surface area (Å²) in [4.78, 5) is 37.3. The van der Waals surface area contributed by atoms with Crippen molar-refractivity contribution in [3.8, 4) is 0 Å². The second-order valence-electron chi connectivity index (χ2n) is 9.70. The van der Waals surface area contributed by atoms with Gasteiger partial charge in [-0.25, -0.2) is 9.48 Å². The Morgan fingerprint density at radius 3 is 2.49 bits per heavy atom. The van der Waals surface area contributed by atoms with Crippen LogP contribution in [0.5, 0.6) is 0 Å². The summed E-state index contributed by atoms with van der Waals surface area (Å²) in [5, 5.41) is 12.4. The molecule has 0 spiro atoms. The quantitative estimate of drug-likeness (QED) is 0.419. The summed E-state index contributed by atoms with van der Waals surface area (Å²) in [7, 11) is 3.51. The number of anilines is 1. The SMILES string of the molecule is CCc1c(C2CCC(n3cnn(C)c3=O)CC2)ccc2c1c(C(=O)Nc1cccc(C(N)=O)c1)nn2C. The second kappa shape index (κ2) is 9.68. The molecule has 2 amide bonds. The number of carbonyl (C=O) groups is 2. The fourth-order valence-corrected chi connectivity index (χ4v) is 5.62. The number of nitrogens with zero attached hydrogens (tertiary/aromatic N) is 5. The van der Waals surface area contributed by atoms with Crippen LogP contribution in [0.15, 0.2) is 47.5 Å². The lowest BCUT2D eigenvalue weighted by atomic mass is 9.79. The molecule has 3 N–H and O–H groups in total. The molecule has 0 unspecified atom stereocenters. The maximum atomic E-state index is 13.4. The van der Waals surface area contributed by atoms with Gasteiger partial charge in [0.15, 0.2) is 5.69 Å². The largest absolute Gasteiger partial charge is 0.366 e. The molecular weight excluding hydrogens is 470 g/mol. The van der Waals surface area contributed by atoms with Crippen molar-refractivity contribution in [2.75, 3.05) is 5.32 Å². The van der Waals surface area contributed by atoms with Crippen molar-refractivity contribution in [2.45, 2.75) is 51.0 Å². The zero-order valence-corrected chi connectivity index (χ0v) is 21.3. The number of carbonyl (C=O) groups excluding carboxylic acids is 2. The lowest BCUT2D eigenvalue weighted by Crippen LogP contribution is -2.28. The first-order valence-electron chi connectivity index (χ1n) is 12.6. The van der Waals surface area contributed by atoms with Crippen LogP contribution in [-0.2, 0) is 20.5 Å². The highest BCUT2D eigenvalue weighted by Gasteiger charge is 2.28. The van der Waals surface area contributed by atoms with E-state index in [2.05, 4.69) is 28.5 Å². The van der Waals surface area contributed by atoms with Crippen LogP contribution in [0.1, 0.15) is 76.5 Å². The predicted molar refractivity (Wildman–Crippen MR) is 141 cm³/mol. The first kappa shape index (κ1) is 24.5. The number of nitrogens with two attached hydrogens (primary N) is 1. The topological polar surface area (TPSA) is 130 Å². The zero-order chi connectivity index (χ0) is 26.3. The smallest absolute Gasteiger partial charge is 0.345 e. The molecule has 1 fully saturated rings. The van der Waals surface area contributed by atoms with Crippen molar-refractivity contribution in [1.82, 2.24) is 24.1 Å². The van der Waals surface area contributed by atoms with Crippen LogP contribution < -0.4 is 16.7 Å². The van der Waals surface area contributed by atoms with E-state index in [4.69, 9.17) is 5.73 Å². The van der Waals surface area contributed by atoms with Gasteiger partial charge in [0, 0.05) is 36.8 Å². The molecule has 192 valence electrons. The Hall–Kier alpha value is -4.21. The molecule has 0 aliphatic heterocycles. The first-order chi connectivity index (χ1) is 17.8. The summed E-state index contributed by atoms with van der Waals surface area (Å²) in [5.41, 5.74) is 9.74. The number of fused-ring (bicyclic) bond motifs is 1. The first-order valence-corrected chi connectivity index (χ1v) is 12.6. The van der Waals surface area contributed by atoms with Gasteiger partial charge in [0.25, 0.3) is 5.91 Å². The van der Waals surface area contributed by atoms with E-state index in [-0.39, 0.29) is 17.6 Å². The van der Waals surface area contributed by atoms with Gasteiger partial charge < -0.3 is 11.1 Å². The highest BCUT2D eigenvalue weighted by atomic mass is 16.2. The number of nitrogens with one attached hydrogen (secondary N) is 1. The third-order valence-electron chi connectivity index (χ3n) is 7.51. The molecule has 10 heteroatoms. The molecule has 1 saturated carbocycles. The normalized spacial score (nSPS) is 17.7. The van der Waals surface area contributed by atoms with Crippen molar-refractivity contribution < 1.29 is 9.59 Å². The molecule has 0 atom stereocenters. The summed E-state index contributed by atoms with van der Waals surface area (Å²) >= 11 is 0. The molecule has 37 heavy (non-hydrogen) atoms. The molecule has 5 rings (SSSR count). The number of aryl methyl sites for hydroxylation is 3. The third-order valence-corrected chi connectivity index (χ3v) is 7.51. The Kier molecular flexibility index (Phi) is 6.41. The summed E-state index contributed by atoms with van der Waals surface area (Å²) < 4.78 is 4.85. The van der Waals surface area contributed by atoms with Gasteiger partial charge in [-0.1, -0.05) is 19.1 Å². The zero-order valence-electron chi connectivity index (χ0n) is 21.3. The number of hydrogen-bond acceptors (Lipinski definition) is 5. The van der Waals surface area contributed by atoms with E-state index < -0.39 is 5.91 Å². The van der Waals surface area contributed by atoms with Gasteiger partial charge in [0.05, 0.1) is 5.52 Å². The maximum absolute atomic E-state index is 13.4. The molecule has 4 aromatic rings. The Balaban J connectivity index is 1.45. The van der Waals surface area contributed by atoms with E-state index >= 15 is 0 Å². The average Bonchev–Trinajstić information content (AvgIpc) is 3.42. The van der Waals surface area contributed by atoms with E-state index in [9.17, 15) is 14.4 Å². The summed E-state index contributed by atoms with van der Waals surface area (Å²) in [6.45, 7) is 2.10. The molecule has 10 nitrogen and oxygen atoms in total. The fourth-order valence-electron chi connectivity index (χ4n) is 5.62. The molecular formula is C27H31N7O3. The minimum atomic E-state index is -0.555. The van der Waals surface area contributed by atoms with Gasteiger partial charge in [-0.3, -0.25) is 18.8 Å². The lowest BCUT2D eigenvalue weighted by molar-refractivity contribution is 0.0995. The Labute approximate surface area is 214 Å². The number of aromatic nitrogens is 5.